The van der Waals surface area contributed by atoms with Gasteiger partial charge in [-0.15, -0.1) is 0 Å². The van der Waals surface area contributed by atoms with Crippen LogP contribution in [0.15, 0.2) is 17.0 Å². The molecule has 1 atom stereocenters. The number of nitrogens with zero attached hydrogens (tertiary/aromatic N) is 1. The van der Waals surface area contributed by atoms with E-state index >= 15 is 0 Å². The van der Waals surface area contributed by atoms with Gasteiger partial charge in [-0.05, 0) is 32.4 Å². The van der Waals surface area contributed by atoms with Crippen LogP contribution in [0, 0.1) is 0 Å². The van der Waals surface area contributed by atoms with E-state index in [4.69, 9.17) is 33.9 Å². The summed E-state index contributed by atoms with van der Waals surface area (Å²) in [7, 11) is 1.23. The molecule has 0 fully saturated rings. The van der Waals surface area contributed by atoms with Crippen molar-refractivity contribution in [1.82, 2.24) is 4.90 Å². The van der Waals surface area contributed by atoms with Gasteiger partial charge in [0.15, 0.2) is 0 Å². The summed E-state index contributed by atoms with van der Waals surface area (Å²) in [5, 5.41) is -0.122. The summed E-state index contributed by atoms with van der Waals surface area (Å²) in [6.07, 6.45) is 0.762. The standard InChI is InChI=1S/C13H16Cl3NO3S/c1-4-8(3)17(5-2)13(18)10-6-9(14)7-11(12(10)15)21(16,19)20/h6-8H,4-5H2,1-3H3. The molecular weight excluding hydrogens is 357 g/mol. The van der Waals surface area contributed by atoms with Crippen molar-refractivity contribution in [2.45, 2.75) is 38.1 Å². The zero-order valence-corrected chi connectivity index (χ0v) is 14.9. The third-order valence-corrected chi connectivity index (χ3v) is 5.31. The van der Waals surface area contributed by atoms with Crippen LogP contribution in [-0.2, 0) is 9.05 Å². The molecule has 1 amide bonds. The molecule has 1 aromatic rings. The second-order valence-electron chi connectivity index (χ2n) is 4.55. The Balaban J connectivity index is 3.44. The third-order valence-electron chi connectivity index (χ3n) is 3.22. The summed E-state index contributed by atoms with van der Waals surface area (Å²) >= 11 is 11.9. The molecule has 8 heteroatoms. The second kappa shape index (κ2) is 7.18. The van der Waals surface area contributed by atoms with E-state index < -0.39 is 9.05 Å². The maximum atomic E-state index is 12.6. The highest BCUT2D eigenvalue weighted by Crippen LogP contribution is 2.32. The van der Waals surface area contributed by atoms with Crippen molar-refractivity contribution in [2.24, 2.45) is 0 Å². The van der Waals surface area contributed by atoms with Crippen molar-refractivity contribution in [3.05, 3.63) is 27.7 Å². The lowest BCUT2D eigenvalue weighted by Gasteiger charge is -2.27. The molecule has 0 bridgehead atoms. The lowest BCUT2D eigenvalue weighted by Crippen LogP contribution is -2.38. The van der Waals surface area contributed by atoms with Crippen LogP contribution in [0.25, 0.3) is 0 Å². The van der Waals surface area contributed by atoms with Crippen molar-refractivity contribution in [3.63, 3.8) is 0 Å². The fourth-order valence-electron chi connectivity index (χ4n) is 1.93. The number of benzene rings is 1. The summed E-state index contributed by atoms with van der Waals surface area (Å²) in [4.78, 5) is 13.8. The lowest BCUT2D eigenvalue weighted by molar-refractivity contribution is 0.0700. The molecule has 0 aliphatic carbocycles. The Morgan fingerprint density at radius 2 is 1.86 bits per heavy atom. The van der Waals surface area contributed by atoms with Gasteiger partial charge in [-0.1, -0.05) is 30.1 Å². The number of amides is 1. The van der Waals surface area contributed by atoms with Gasteiger partial charge in [0.2, 0.25) is 0 Å². The fourth-order valence-corrected chi connectivity index (χ4v) is 3.78. The molecule has 0 heterocycles. The molecule has 0 spiro atoms. The van der Waals surface area contributed by atoms with Crippen LogP contribution in [0.1, 0.15) is 37.6 Å². The van der Waals surface area contributed by atoms with Crippen molar-refractivity contribution < 1.29 is 13.2 Å². The van der Waals surface area contributed by atoms with Crippen molar-refractivity contribution >= 4 is 48.8 Å². The fraction of sp³-hybridized carbons (Fsp3) is 0.462. The van der Waals surface area contributed by atoms with Gasteiger partial charge in [0.05, 0.1) is 10.6 Å². The van der Waals surface area contributed by atoms with E-state index in [1.54, 1.807) is 4.90 Å². The molecule has 1 rings (SSSR count). The first kappa shape index (κ1) is 18.6. The van der Waals surface area contributed by atoms with Gasteiger partial charge in [-0.2, -0.15) is 0 Å². The van der Waals surface area contributed by atoms with Crippen molar-refractivity contribution in [1.29, 1.82) is 0 Å². The summed E-state index contributed by atoms with van der Waals surface area (Å²) in [5.41, 5.74) is 0.0329. The molecule has 0 aliphatic heterocycles. The summed E-state index contributed by atoms with van der Waals surface area (Å²) in [6, 6.07) is 2.47. The predicted octanol–water partition coefficient (Wildman–Crippen LogP) is 4.18. The average Bonchev–Trinajstić information content (AvgIpc) is 2.40. The first-order valence-electron chi connectivity index (χ1n) is 6.38. The van der Waals surface area contributed by atoms with E-state index in [-0.39, 0.29) is 32.5 Å². The smallest absolute Gasteiger partial charge is 0.262 e. The highest BCUT2D eigenvalue weighted by molar-refractivity contribution is 8.13. The molecule has 21 heavy (non-hydrogen) atoms. The minimum absolute atomic E-state index is 0.00592. The van der Waals surface area contributed by atoms with Crippen LogP contribution in [0.3, 0.4) is 0 Å². The highest BCUT2D eigenvalue weighted by atomic mass is 35.7. The zero-order valence-electron chi connectivity index (χ0n) is 11.9. The van der Waals surface area contributed by atoms with Gasteiger partial charge in [0.1, 0.15) is 4.90 Å². The van der Waals surface area contributed by atoms with E-state index in [1.807, 2.05) is 20.8 Å². The van der Waals surface area contributed by atoms with E-state index in [0.29, 0.717) is 6.54 Å². The Morgan fingerprint density at radius 3 is 2.29 bits per heavy atom. The molecule has 0 aliphatic rings. The second-order valence-corrected chi connectivity index (χ2v) is 7.90. The molecule has 0 radical (unpaired) electrons. The zero-order chi connectivity index (χ0) is 16.4. The maximum absolute atomic E-state index is 12.6. The van der Waals surface area contributed by atoms with Gasteiger partial charge in [0, 0.05) is 28.3 Å². The average molecular weight is 373 g/mol. The quantitative estimate of drug-likeness (QED) is 0.728. The molecule has 1 aromatic carbocycles. The lowest BCUT2D eigenvalue weighted by atomic mass is 10.1. The highest BCUT2D eigenvalue weighted by Gasteiger charge is 2.26. The van der Waals surface area contributed by atoms with Crippen molar-refractivity contribution in [3.8, 4) is 0 Å². The Morgan fingerprint density at radius 1 is 1.29 bits per heavy atom. The number of halogens is 3. The molecule has 4 nitrogen and oxygen atoms in total. The first-order valence-corrected chi connectivity index (χ1v) is 9.44. The normalized spacial score (nSPS) is 13.0. The summed E-state index contributed by atoms with van der Waals surface area (Å²) < 4.78 is 23.0. The topological polar surface area (TPSA) is 54.5 Å². The Hall–Kier alpha value is -0.490. The van der Waals surface area contributed by atoms with Gasteiger partial charge >= 0.3 is 0 Å². The van der Waals surface area contributed by atoms with Gasteiger partial charge in [-0.3, -0.25) is 4.79 Å². The van der Waals surface area contributed by atoms with Crippen LogP contribution in [0.2, 0.25) is 10.0 Å². The minimum Gasteiger partial charge on any atom is -0.336 e. The van der Waals surface area contributed by atoms with Crippen LogP contribution >= 0.6 is 33.9 Å². The largest absolute Gasteiger partial charge is 0.336 e. The van der Waals surface area contributed by atoms with Gasteiger partial charge in [0.25, 0.3) is 15.0 Å². The van der Waals surface area contributed by atoms with Gasteiger partial charge in [-0.25, -0.2) is 8.42 Å². The Bertz CT molecular complexity index is 646. The Kier molecular flexibility index (Phi) is 6.35. The molecule has 118 valence electrons. The molecular formula is C13H16Cl3NO3S. The molecule has 0 aromatic heterocycles. The minimum atomic E-state index is -4.09. The molecule has 0 saturated carbocycles. The van der Waals surface area contributed by atoms with E-state index in [0.717, 1.165) is 12.5 Å². The van der Waals surface area contributed by atoms with E-state index in [9.17, 15) is 13.2 Å². The van der Waals surface area contributed by atoms with Gasteiger partial charge < -0.3 is 4.90 Å². The van der Waals surface area contributed by atoms with Crippen molar-refractivity contribution in [2.75, 3.05) is 6.54 Å². The molecule has 1 unspecified atom stereocenters. The number of carbonyl (C=O) groups is 1. The number of carbonyl (C=O) groups excluding carboxylic acids is 1. The third kappa shape index (κ3) is 4.25. The van der Waals surface area contributed by atoms with Crippen LogP contribution in [-0.4, -0.2) is 31.8 Å². The summed E-state index contributed by atoms with van der Waals surface area (Å²) in [5.74, 6) is -0.374. The SMILES string of the molecule is CCC(C)N(CC)C(=O)c1cc(Cl)cc(S(=O)(=O)Cl)c1Cl. The summed E-state index contributed by atoms with van der Waals surface area (Å²) in [6.45, 7) is 6.16. The van der Waals surface area contributed by atoms with Crippen LogP contribution in [0.5, 0.6) is 0 Å². The Labute approximate surface area is 139 Å². The number of hydrogen-bond donors (Lipinski definition) is 0. The maximum Gasteiger partial charge on any atom is 0.262 e. The van der Waals surface area contributed by atoms with E-state index in [1.165, 1.54) is 6.07 Å². The molecule has 0 N–H and O–H groups in total. The monoisotopic (exact) mass is 371 g/mol. The van der Waals surface area contributed by atoms with Crippen LogP contribution < -0.4 is 0 Å². The molecule has 0 saturated heterocycles. The predicted molar refractivity (Wildman–Crippen MR) is 86.0 cm³/mol. The van der Waals surface area contributed by atoms with E-state index in [2.05, 4.69) is 0 Å². The van der Waals surface area contributed by atoms with Crippen LogP contribution in [0.4, 0.5) is 0 Å². The first-order chi connectivity index (χ1) is 9.63. The number of hydrogen-bond acceptors (Lipinski definition) is 3. The number of rotatable bonds is 5.